The van der Waals surface area contributed by atoms with E-state index >= 15 is 0 Å². The summed E-state index contributed by atoms with van der Waals surface area (Å²) in [5.41, 5.74) is 0.894. The van der Waals surface area contributed by atoms with Gasteiger partial charge in [0.25, 0.3) is 0 Å². The van der Waals surface area contributed by atoms with E-state index < -0.39 is 0 Å². The lowest BCUT2D eigenvalue weighted by Gasteiger charge is -2.36. The first-order valence-corrected chi connectivity index (χ1v) is 9.74. The fraction of sp³-hybridized carbons (Fsp3) is 0.500. The molecule has 0 radical (unpaired) electrons. The number of nitrogens with zero attached hydrogens (tertiary/aromatic N) is 3. The van der Waals surface area contributed by atoms with Gasteiger partial charge in [0.15, 0.2) is 0 Å². The van der Waals surface area contributed by atoms with Gasteiger partial charge in [0.1, 0.15) is 11.6 Å². The van der Waals surface area contributed by atoms with Crippen LogP contribution < -0.4 is 10.6 Å². The molecule has 1 aliphatic carbocycles. The molecule has 2 aliphatic rings. The summed E-state index contributed by atoms with van der Waals surface area (Å²) < 4.78 is 15.6. The highest BCUT2D eigenvalue weighted by atomic mass is 35.5. The third kappa shape index (κ3) is 5.69. The smallest absolute Gasteiger partial charge is 0.239 e. The van der Waals surface area contributed by atoms with Crippen LogP contribution in [-0.2, 0) is 4.79 Å². The molecule has 1 saturated carbocycles. The van der Waals surface area contributed by atoms with Gasteiger partial charge in [-0.2, -0.15) is 5.10 Å². The number of anilines is 1. The van der Waals surface area contributed by atoms with Crippen molar-refractivity contribution in [1.29, 1.82) is 0 Å². The maximum absolute atomic E-state index is 13.6. The van der Waals surface area contributed by atoms with Crippen molar-refractivity contribution in [3.8, 4) is 0 Å². The van der Waals surface area contributed by atoms with Crippen LogP contribution in [0.2, 0.25) is 0 Å². The molecule has 29 heavy (non-hydrogen) atoms. The van der Waals surface area contributed by atoms with E-state index in [0.717, 1.165) is 37.3 Å². The number of piperazine rings is 1. The van der Waals surface area contributed by atoms with E-state index in [4.69, 9.17) is 0 Å². The molecule has 4 rings (SSSR count). The number of carbonyl (C=O) groups is 1. The lowest BCUT2D eigenvalue weighted by atomic mass is 10.0. The van der Waals surface area contributed by atoms with Crippen molar-refractivity contribution in [2.45, 2.75) is 37.8 Å². The lowest BCUT2D eigenvalue weighted by Crippen LogP contribution is -2.48. The summed E-state index contributed by atoms with van der Waals surface area (Å²) >= 11 is 0. The van der Waals surface area contributed by atoms with E-state index in [0.29, 0.717) is 12.6 Å². The summed E-state index contributed by atoms with van der Waals surface area (Å²) in [7, 11) is 0. The Labute approximate surface area is 183 Å². The zero-order chi connectivity index (χ0) is 18.6. The third-order valence-electron chi connectivity index (χ3n) is 5.54. The van der Waals surface area contributed by atoms with Crippen molar-refractivity contribution in [1.82, 2.24) is 20.0 Å². The van der Waals surface area contributed by atoms with Crippen LogP contribution in [0.1, 0.15) is 43.3 Å². The largest absolute Gasteiger partial charge is 0.314 e. The van der Waals surface area contributed by atoms with Crippen LogP contribution >= 0.6 is 24.8 Å². The number of carbonyl (C=O) groups excluding carboxylic acids is 1. The fourth-order valence-electron chi connectivity index (χ4n) is 4.20. The number of halogens is 3. The molecule has 2 aromatic rings. The third-order valence-corrected chi connectivity index (χ3v) is 5.54. The molecule has 1 aromatic heterocycles. The highest BCUT2D eigenvalue weighted by molar-refractivity contribution is 5.91. The van der Waals surface area contributed by atoms with Crippen LogP contribution in [0.3, 0.4) is 0 Å². The van der Waals surface area contributed by atoms with Crippen molar-refractivity contribution >= 4 is 36.5 Å². The van der Waals surface area contributed by atoms with Gasteiger partial charge in [-0.15, -0.1) is 24.8 Å². The van der Waals surface area contributed by atoms with E-state index in [-0.39, 0.29) is 49.1 Å². The van der Waals surface area contributed by atoms with Crippen LogP contribution in [0.25, 0.3) is 0 Å². The molecule has 1 atom stereocenters. The minimum atomic E-state index is -0.247. The summed E-state index contributed by atoms with van der Waals surface area (Å²) in [5, 5.41) is 10.8. The molecule has 2 heterocycles. The topological polar surface area (TPSA) is 62.2 Å². The van der Waals surface area contributed by atoms with Gasteiger partial charge < -0.3 is 10.6 Å². The van der Waals surface area contributed by atoms with Gasteiger partial charge in [-0.3, -0.25) is 9.69 Å². The summed E-state index contributed by atoms with van der Waals surface area (Å²) in [6.45, 7) is 2.55. The van der Waals surface area contributed by atoms with E-state index in [1.54, 1.807) is 18.3 Å². The molecule has 1 saturated heterocycles. The maximum atomic E-state index is 13.6. The number of rotatable bonds is 5. The SMILES string of the molecule is Cl.Cl.O=C(CN1CCNCC1c1cccc(F)c1)Nc1ccnn1C1CCCC1. The molecule has 0 spiro atoms. The summed E-state index contributed by atoms with van der Waals surface area (Å²) in [6, 6.07) is 8.87. The predicted octanol–water partition coefficient (Wildman–Crippen LogP) is 3.57. The first-order chi connectivity index (χ1) is 13.2. The van der Waals surface area contributed by atoms with Gasteiger partial charge in [0.2, 0.25) is 5.91 Å². The van der Waals surface area contributed by atoms with Crippen LogP contribution in [-0.4, -0.2) is 46.8 Å². The average molecular weight is 444 g/mol. The minimum absolute atomic E-state index is 0. The van der Waals surface area contributed by atoms with Gasteiger partial charge in [-0.05, 0) is 30.5 Å². The van der Waals surface area contributed by atoms with Gasteiger partial charge in [-0.25, -0.2) is 9.07 Å². The Kier molecular flexibility index (Phi) is 8.89. The second-order valence-electron chi connectivity index (χ2n) is 7.39. The van der Waals surface area contributed by atoms with Crippen LogP contribution in [0, 0.1) is 5.82 Å². The Balaban J connectivity index is 0.00000150. The number of nitrogens with one attached hydrogen (secondary N) is 2. The first-order valence-electron chi connectivity index (χ1n) is 9.74. The molecular weight excluding hydrogens is 416 g/mol. The summed E-state index contributed by atoms with van der Waals surface area (Å²) in [5.74, 6) is 0.463. The molecule has 2 fully saturated rings. The molecule has 1 unspecified atom stereocenters. The monoisotopic (exact) mass is 443 g/mol. The minimum Gasteiger partial charge on any atom is -0.314 e. The zero-order valence-corrected chi connectivity index (χ0v) is 17.9. The van der Waals surface area contributed by atoms with Gasteiger partial charge >= 0.3 is 0 Å². The number of hydrogen-bond donors (Lipinski definition) is 2. The van der Waals surface area contributed by atoms with Crippen molar-refractivity contribution in [3.05, 3.63) is 47.9 Å². The van der Waals surface area contributed by atoms with Gasteiger partial charge in [-0.1, -0.05) is 25.0 Å². The standard InChI is InChI=1S/C20H26FN5O.2ClH/c21-16-5-3-4-15(12-16)18-13-22-10-11-25(18)14-20(27)24-19-8-9-23-26(19)17-6-1-2-7-17;;/h3-5,8-9,12,17-18,22H,1-2,6-7,10-11,13-14H2,(H,24,27);2*1H. The van der Waals surface area contributed by atoms with E-state index in [2.05, 4.69) is 20.6 Å². The lowest BCUT2D eigenvalue weighted by molar-refractivity contribution is -0.118. The molecule has 6 nitrogen and oxygen atoms in total. The second kappa shape index (κ2) is 10.9. The summed E-state index contributed by atoms with van der Waals surface area (Å²) in [4.78, 5) is 14.8. The van der Waals surface area contributed by atoms with Crippen molar-refractivity contribution < 1.29 is 9.18 Å². The van der Waals surface area contributed by atoms with Crippen molar-refractivity contribution in [2.75, 3.05) is 31.5 Å². The molecular formula is C20H28Cl2FN5O. The zero-order valence-electron chi connectivity index (χ0n) is 16.2. The van der Waals surface area contributed by atoms with Crippen LogP contribution in [0.5, 0.6) is 0 Å². The Morgan fingerprint density at radius 1 is 1.24 bits per heavy atom. The molecule has 9 heteroatoms. The molecule has 1 aromatic carbocycles. The Hall–Kier alpha value is -1.67. The number of benzene rings is 1. The Bertz CT molecular complexity index is 797. The number of amides is 1. The highest BCUT2D eigenvalue weighted by Crippen LogP contribution is 2.31. The normalized spacial score (nSPS) is 20.0. The van der Waals surface area contributed by atoms with Crippen LogP contribution in [0.4, 0.5) is 10.2 Å². The van der Waals surface area contributed by atoms with Crippen LogP contribution in [0.15, 0.2) is 36.5 Å². The van der Waals surface area contributed by atoms with E-state index in [1.807, 2.05) is 16.8 Å². The van der Waals surface area contributed by atoms with Gasteiger partial charge in [0, 0.05) is 31.7 Å². The quantitative estimate of drug-likeness (QED) is 0.741. The second-order valence-corrected chi connectivity index (χ2v) is 7.39. The number of aromatic nitrogens is 2. The molecule has 160 valence electrons. The first kappa shape index (κ1) is 23.6. The highest BCUT2D eigenvalue weighted by Gasteiger charge is 2.26. The van der Waals surface area contributed by atoms with E-state index in [9.17, 15) is 9.18 Å². The molecule has 1 amide bonds. The van der Waals surface area contributed by atoms with Gasteiger partial charge in [0.05, 0.1) is 18.8 Å². The number of hydrogen-bond acceptors (Lipinski definition) is 4. The van der Waals surface area contributed by atoms with Crippen molar-refractivity contribution in [3.63, 3.8) is 0 Å². The average Bonchev–Trinajstić information content (AvgIpc) is 3.33. The summed E-state index contributed by atoms with van der Waals surface area (Å²) in [6.07, 6.45) is 6.41. The fourth-order valence-corrected chi connectivity index (χ4v) is 4.20. The molecule has 1 aliphatic heterocycles. The van der Waals surface area contributed by atoms with Crippen molar-refractivity contribution in [2.24, 2.45) is 0 Å². The Morgan fingerprint density at radius 2 is 2.03 bits per heavy atom. The van der Waals surface area contributed by atoms with E-state index in [1.165, 1.54) is 18.9 Å². The Morgan fingerprint density at radius 3 is 2.79 bits per heavy atom. The molecule has 2 N–H and O–H groups in total. The predicted molar refractivity (Wildman–Crippen MR) is 116 cm³/mol. The maximum Gasteiger partial charge on any atom is 0.239 e. The molecule has 0 bridgehead atoms.